The van der Waals surface area contributed by atoms with Crippen molar-refractivity contribution in [1.82, 2.24) is 10.3 Å². The number of para-hydroxylation sites is 2. The molecule has 38 heavy (non-hydrogen) atoms. The molecule has 0 aliphatic rings. The summed E-state index contributed by atoms with van der Waals surface area (Å²) < 4.78 is 11.0. The van der Waals surface area contributed by atoms with Gasteiger partial charge in [-0.3, -0.25) is 9.59 Å². The van der Waals surface area contributed by atoms with E-state index in [0.29, 0.717) is 24.2 Å². The molecule has 4 rings (SSSR count). The first-order valence-electron chi connectivity index (χ1n) is 11.8. The lowest BCUT2D eigenvalue weighted by Gasteiger charge is -2.13. The van der Waals surface area contributed by atoms with Crippen molar-refractivity contribution in [2.45, 2.75) is 6.42 Å². The number of fused-ring (bicyclic) bond motifs is 1. The van der Waals surface area contributed by atoms with Crippen molar-refractivity contribution >= 4 is 46.1 Å². The molecule has 2 amide bonds. The summed E-state index contributed by atoms with van der Waals surface area (Å²) in [6.07, 6.45) is 3.94. The number of hydrogen-bond donors (Lipinski definition) is 3. The highest BCUT2D eigenvalue weighted by Crippen LogP contribution is 2.37. The van der Waals surface area contributed by atoms with Crippen molar-refractivity contribution in [3.63, 3.8) is 0 Å². The van der Waals surface area contributed by atoms with Gasteiger partial charge in [0.05, 0.1) is 12.1 Å². The van der Waals surface area contributed by atoms with Gasteiger partial charge in [-0.25, -0.2) is 0 Å². The topological polar surface area (TPSA) is 116 Å². The molecule has 0 saturated carbocycles. The van der Waals surface area contributed by atoms with Crippen LogP contribution in [-0.4, -0.2) is 37.1 Å². The zero-order chi connectivity index (χ0) is 26.9. The molecule has 0 aliphatic carbocycles. The monoisotopic (exact) mass is 528 g/mol. The van der Waals surface area contributed by atoms with Crippen molar-refractivity contribution in [3.05, 3.63) is 94.6 Å². The van der Waals surface area contributed by atoms with Crippen LogP contribution < -0.4 is 20.1 Å². The summed E-state index contributed by atoms with van der Waals surface area (Å²) in [5.74, 6) is -0.431. The number of carbonyl (C=O) groups is 2. The normalized spacial score (nSPS) is 11.0. The molecule has 3 aromatic carbocycles. The summed E-state index contributed by atoms with van der Waals surface area (Å²) in [6.45, 7) is 0.0735. The minimum Gasteiger partial charge on any atom is -0.493 e. The van der Waals surface area contributed by atoms with Crippen LogP contribution in [-0.2, 0) is 16.0 Å². The Morgan fingerprint density at radius 1 is 1.11 bits per heavy atom. The number of amides is 2. The fourth-order valence-electron chi connectivity index (χ4n) is 3.88. The molecule has 0 aliphatic heterocycles. The van der Waals surface area contributed by atoms with E-state index in [-0.39, 0.29) is 34.6 Å². The molecular weight excluding hydrogens is 504 g/mol. The summed E-state index contributed by atoms with van der Waals surface area (Å²) in [4.78, 5) is 28.1. The number of benzene rings is 3. The molecule has 0 spiro atoms. The first-order chi connectivity index (χ1) is 18.5. The summed E-state index contributed by atoms with van der Waals surface area (Å²) in [6, 6.07) is 22.0. The molecule has 0 saturated heterocycles. The van der Waals surface area contributed by atoms with Gasteiger partial charge < -0.3 is 25.1 Å². The largest absolute Gasteiger partial charge is 0.493 e. The first kappa shape index (κ1) is 26.3. The second-order valence-corrected chi connectivity index (χ2v) is 8.68. The average Bonchev–Trinajstić information content (AvgIpc) is 3.34. The summed E-state index contributed by atoms with van der Waals surface area (Å²) in [5, 5.41) is 16.4. The van der Waals surface area contributed by atoms with E-state index in [4.69, 9.17) is 21.1 Å². The summed E-state index contributed by atoms with van der Waals surface area (Å²) in [7, 11) is 1.43. The predicted molar refractivity (Wildman–Crippen MR) is 147 cm³/mol. The van der Waals surface area contributed by atoms with E-state index >= 15 is 0 Å². The molecular formula is C29H25ClN4O4. The highest BCUT2D eigenvalue weighted by molar-refractivity contribution is 6.32. The number of halogens is 1. The number of nitriles is 1. The van der Waals surface area contributed by atoms with Crippen molar-refractivity contribution in [3.8, 4) is 17.6 Å². The van der Waals surface area contributed by atoms with Gasteiger partial charge >= 0.3 is 0 Å². The van der Waals surface area contributed by atoms with Crippen molar-refractivity contribution < 1.29 is 19.1 Å². The van der Waals surface area contributed by atoms with E-state index in [0.717, 1.165) is 16.5 Å². The summed E-state index contributed by atoms with van der Waals surface area (Å²) in [5.41, 5.74) is 3.13. The van der Waals surface area contributed by atoms with Gasteiger partial charge in [0.25, 0.3) is 11.8 Å². The minimum atomic E-state index is -0.500. The van der Waals surface area contributed by atoms with E-state index in [1.807, 2.05) is 54.7 Å². The van der Waals surface area contributed by atoms with Crippen molar-refractivity contribution in [2.24, 2.45) is 0 Å². The van der Waals surface area contributed by atoms with Gasteiger partial charge in [-0.2, -0.15) is 5.26 Å². The van der Waals surface area contributed by atoms with E-state index in [2.05, 4.69) is 15.6 Å². The second-order valence-electron chi connectivity index (χ2n) is 8.27. The third-order valence-electron chi connectivity index (χ3n) is 5.69. The van der Waals surface area contributed by atoms with Crippen LogP contribution in [0.25, 0.3) is 17.0 Å². The predicted octanol–water partition coefficient (Wildman–Crippen LogP) is 5.11. The molecule has 0 radical (unpaired) electrons. The van der Waals surface area contributed by atoms with Gasteiger partial charge in [-0.05, 0) is 54.0 Å². The van der Waals surface area contributed by atoms with Gasteiger partial charge in [-0.1, -0.05) is 48.0 Å². The molecule has 0 bridgehead atoms. The van der Waals surface area contributed by atoms with Gasteiger partial charge in [0.15, 0.2) is 18.1 Å². The number of ether oxygens (including phenoxy) is 2. The minimum absolute atomic E-state index is 0.0852. The Bertz CT molecular complexity index is 1520. The Balaban J connectivity index is 1.39. The number of anilines is 1. The van der Waals surface area contributed by atoms with Crippen LogP contribution in [0.3, 0.4) is 0 Å². The Morgan fingerprint density at radius 2 is 1.87 bits per heavy atom. The Hall–Kier alpha value is -4.74. The Morgan fingerprint density at radius 3 is 2.63 bits per heavy atom. The van der Waals surface area contributed by atoms with Gasteiger partial charge in [0.2, 0.25) is 0 Å². The zero-order valence-corrected chi connectivity index (χ0v) is 21.3. The van der Waals surface area contributed by atoms with E-state index in [1.165, 1.54) is 19.3 Å². The molecule has 0 fully saturated rings. The number of nitrogens with one attached hydrogen (secondary N) is 3. The molecule has 4 aromatic rings. The van der Waals surface area contributed by atoms with Crippen molar-refractivity contribution in [1.29, 1.82) is 5.26 Å². The average molecular weight is 529 g/mol. The van der Waals surface area contributed by atoms with Crippen LogP contribution in [0.15, 0.2) is 78.5 Å². The lowest BCUT2D eigenvalue weighted by molar-refractivity contribution is -0.118. The lowest BCUT2D eigenvalue weighted by atomic mass is 10.1. The van der Waals surface area contributed by atoms with Crippen LogP contribution in [0, 0.1) is 11.3 Å². The molecule has 1 heterocycles. The third kappa shape index (κ3) is 6.52. The van der Waals surface area contributed by atoms with Crippen LogP contribution in [0.4, 0.5) is 5.69 Å². The molecule has 9 heteroatoms. The fourth-order valence-corrected chi connectivity index (χ4v) is 4.15. The smallest absolute Gasteiger partial charge is 0.262 e. The van der Waals surface area contributed by atoms with Gasteiger partial charge in [0.1, 0.15) is 11.6 Å². The van der Waals surface area contributed by atoms with Gasteiger partial charge in [0, 0.05) is 29.3 Å². The third-order valence-corrected chi connectivity index (χ3v) is 5.97. The highest BCUT2D eigenvalue weighted by atomic mass is 35.5. The Kier molecular flexibility index (Phi) is 8.65. The number of rotatable bonds is 10. The quantitative estimate of drug-likeness (QED) is 0.195. The number of carbonyl (C=O) groups excluding carboxylic acids is 2. The highest BCUT2D eigenvalue weighted by Gasteiger charge is 2.16. The molecule has 0 unspecified atom stereocenters. The van der Waals surface area contributed by atoms with Crippen LogP contribution in [0.5, 0.6) is 11.5 Å². The summed E-state index contributed by atoms with van der Waals surface area (Å²) >= 11 is 6.40. The number of aromatic nitrogens is 1. The fraction of sp³-hybridized carbons (Fsp3) is 0.138. The molecule has 1 aromatic heterocycles. The number of H-pyrrole nitrogens is 1. The van der Waals surface area contributed by atoms with E-state index in [1.54, 1.807) is 18.2 Å². The number of hydrogen-bond acceptors (Lipinski definition) is 5. The number of methoxy groups -OCH3 is 1. The molecule has 192 valence electrons. The van der Waals surface area contributed by atoms with Crippen LogP contribution in [0.1, 0.15) is 11.1 Å². The van der Waals surface area contributed by atoms with E-state index < -0.39 is 5.91 Å². The van der Waals surface area contributed by atoms with E-state index in [9.17, 15) is 14.9 Å². The number of nitrogens with zero attached hydrogens (tertiary/aromatic N) is 1. The van der Waals surface area contributed by atoms with Crippen LogP contribution in [0.2, 0.25) is 5.02 Å². The zero-order valence-electron chi connectivity index (χ0n) is 20.6. The lowest BCUT2D eigenvalue weighted by Crippen LogP contribution is -2.26. The van der Waals surface area contributed by atoms with Crippen LogP contribution >= 0.6 is 11.6 Å². The van der Waals surface area contributed by atoms with Crippen molar-refractivity contribution in [2.75, 3.05) is 25.6 Å². The Labute approximate surface area is 224 Å². The molecule has 8 nitrogen and oxygen atoms in total. The maximum atomic E-state index is 12.7. The van der Waals surface area contributed by atoms with Gasteiger partial charge in [-0.15, -0.1) is 0 Å². The standard InChI is InChI=1S/C29H25ClN4O4/c1-37-26-15-19(14-24(30)28(26)38-18-27(35)34-22-7-3-2-4-8-22)13-21(16-31)29(36)32-12-11-20-17-33-25-10-6-5-9-23(20)25/h2-10,13-15,17,33H,11-12,18H2,1H3,(H,32,36)(H,34,35)/b21-13-. The number of aromatic amines is 1. The second kappa shape index (κ2) is 12.5. The molecule has 3 N–H and O–H groups in total. The maximum absolute atomic E-state index is 12.7. The maximum Gasteiger partial charge on any atom is 0.262 e. The SMILES string of the molecule is COc1cc(/C=C(/C#N)C(=O)NCCc2c[nH]c3ccccc23)cc(Cl)c1OCC(=O)Nc1ccccc1. The first-order valence-corrected chi connectivity index (χ1v) is 12.2. The molecule has 0 atom stereocenters.